The molecule has 1 saturated carbocycles. The van der Waals surface area contributed by atoms with E-state index in [4.69, 9.17) is 16.3 Å². The molecule has 0 radical (unpaired) electrons. The molecule has 226 valence electrons. The highest BCUT2D eigenvalue weighted by Gasteiger charge is 2.44. The van der Waals surface area contributed by atoms with Crippen LogP contribution in [0.5, 0.6) is 5.75 Å². The van der Waals surface area contributed by atoms with E-state index >= 15 is 0 Å². The maximum Gasteiger partial charge on any atom is 0.264 e. The second-order valence-electron chi connectivity index (χ2n) is 12.0. The van der Waals surface area contributed by atoms with Crippen molar-refractivity contribution in [1.82, 2.24) is 4.72 Å². The molecule has 1 spiro atoms. The molecule has 2 aliphatic carbocycles. The minimum absolute atomic E-state index is 0.162. The Morgan fingerprint density at radius 1 is 1.29 bits per heavy atom. The van der Waals surface area contributed by atoms with Gasteiger partial charge in [-0.25, -0.2) is 13.1 Å². The van der Waals surface area contributed by atoms with E-state index in [0.29, 0.717) is 25.4 Å². The molecule has 2 N–H and O–H groups in total. The average Bonchev–Trinajstić information content (AvgIpc) is 3.08. The van der Waals surface area contributed by atoms with Crippen molar-refractivity contribution in [1.29, 1.82) is 0 Å². The van der Waals surface area contributed by atoms with E-state index in [1.165, 1.54) is 17.2 Å². The van der Waals surface area contributed by atoms with Gasteiger partial charge < -0.3 is 14.7 Å². The van der Waals surface area contributed by atoms with E-state index in [1.807, 2.05) is 12.1 Å². The highest BCUT2D eigenvalue weighted by Crippen LogP contribution is 2.46. The Labute approximate surface area is 254 Å². The summed E-state index contributed by atoms with van der Waals surface area (Å²) in [7, 11) is -3.83. The minimum atomic E-state index is -3.83. The van der Waals surface area contributed by atoms with Crippen LogP contribution in [0.25, 0.3) is 0 Å². The molecular formula is C33H41ClN2O5S. The highest BCUT2D eigenvalue weighted by molar-refractivity contribution is 7.90. The van der Waals surface area contributed by atoms with Crippen LogP contribution in [-0.4, -0.2) is 51.0 Å². The van der Waals surface area contributed by atoms with Crippen molar-refractivity contribution in [3.05, 3.63) is 82.9 Å². The molecule has 2 aromatic rings. The van der Waals surface area contributed by atoms with Gasteiger partial charge in [0.1, 0.15) is 5.75 Å². The van der Waals surface area contributed by atoms with E-state index in [1.54, 1.807) is 18.2 Å². The summed E-state index contributed by atoms with van der Waals surface area (Å²) in [4.78, 5) is 15.3. The number of anilines is 1. The number of allylic oxidation sites excluding steroid dienone is 1. The molecule has 9 heteroatoms. The number of carbonyl (C=O) groups is 1. The second-order valence-corrected chi connectivity index (χ2v) is 14.2. The summed E-state index contributed by atoms with van der Waals surface area (Å²) in [5.41, 5.74) is 3.23. The number of nitrogens with zero attached hydrogens (tertiary/aromatic N) is 1. The molecule has 0 unspecified atom stereocenters. The molecule has 0 saturated heterocycles. The van der Waals surface area contributed by atoms with Crippen LogP contribution in [0.3, 0.4) is 0 Å². The molecule has 1 aliphatic heterocycles. The Morgan fingerprint density at radius 2 is 2.12 bits per heavy atom. The number of nitrogens with one attached hydrogen (secondary N) is 1. The lowest BCUT2D eigenvalue weighted by Gasteiger charge is -2.45. The Kier molecular flexibility index (Phi) is 9.35. The van der Waals surface area contributed by atoms with Gasteiger partial charge in [0.25, 0.3) is 5.91 Å². The van der Waals surface area contributed by atoms with Gasteiger partial charge in [-0.3, -0.25) is 4.79 Å². The quantitative estimate of drug-likeness (QED) is 0.329. The molecule has 1 fully saturated rings. The Morgan fingerprint density at radius 3 is 2.86 bits per heavy atom. The number of halogens is 1. The van der Waals surface area contributed by atoms with Crippen molar-refractivity contribution < 1.29 is 23.1 Å². The number of hydrogen-bond donors (Lipinski definition) is 2. The van der Waals surface area contributed by atoms with Gasteiger partial charge in [0, 0.05) is 29.1 Å². The number of aliphatic hydroxyl groups is 1. The molecular weight excluding hydrogens is 572 g/mol. The van der Waals surface area contributed by atoms with E-state index in [0.717, 1.165) is 55.7 Å². The van der Waals surface area contributed by atoms with Crippen LogP contribution < -0.4 is 14.4 Å². The minimum Gasteiger partial charge on any atom is -0.490 e. The van der Waals surface area contributed by atoms with Gasteiger partial charge >= 0.3 is 0 Å². The van der Waals surface area contributed by atoms with Gasteiger partial charge in [-0.05, 0) is 91.8 Å². The summed E-state index contributed by atoms with van der Waals surface area (Å²) in [5, 5.41) is 11.7. The number of aliphatic hydroxyl groups excluding tert-OH is 1. The number of aryl methyl sites for hydroxylation is 1. The van der Waals surface area contributed by atoms with Gasteiger partial charge in [-0.1, -0.05) is 49.2 Å². The van der Waals surface area contributed by atoms with Crippen molar-refractivity contribution in [2.45, 2.75) is 63.4 Å². The van der Waals surface area contributed by atoms with Gasteiger partial charge in [0.2, 0.25) is 10.0 Å². The summed E-state index contributed by atoms with van der Waals surface area (Å²) in [6.45, 7) is 7.45. The van der Waals surface area contributed by atoms with Crippen molar-refractivity contribution in [2.24, 2.45) is 11.8 Å². The molecule has 0 aromatic heterocycles. The maximum absolute atomic E-state index is 13.0. The molecule has 1 amide bonds. The maximum atomic E-state index is 13.0. The van der Waals surface area contributed by atoms with Gasteiger partial charge in [-0.2, -0.15) is 0 Å². The van der Waals surface area contributed by atoms with Crippen molar-refractivity contribution in [3.8, 4) is 5.75 Å². The van der Waals surface area contributed by atoms with Crippen molar-refractivity contribution in [2.75, 3.05) is 30.3 Å². The van der Waals surface area contributed by atoms with Crippen LogP contribution >= 0.6 is 11.6 Å². The first-order chi connectivity index (χ1) is 20.1. The van der Waals surface area contributed by atoms with Gasteiger partial charge in [0.15, 0.2) is 0 Å². The predicted molar refractivity (Wildman–Crippen MR) is 168 cm³/mol. The van der Waals surface area contributed by atoms with E-state index in [2.05, 4.69) is 41.3 Å². The monoisotopic (exact) mass is 612 g/mol. The fourth-order valence-corrected chi connectivity index (χ4v) is 7.74. The molecule has 7 nitrogen and oxygen atoms in total. The molecule has 0 bridgehead atoms. The first-order valence-corrected chi connectivity index (χ1v) is 17.0. The van der Waals surface area contributed by atoms with E-state index in [-0.39, 0.29) is 28.6 Å². The Bertz CT molecular complexity index is 1460. The third kappa shape index (κ3) is 6.56. The lowest BCUT2D eigenvalue weighted by Crippen LogP contribution is -2.49. The van der Waals surface area contributed by atoms with Crippen LogP contribution in [0.15, 0.2) is 61.2 Å². The number of amides is 1. The Balaban J connectivity index is 1.49. The van der Waals surface area contributed by atoms with Crippen molar-refractivity contribution >= 4 is 33.2 Å². The SMILES string of the molecule is C=CCS(=O)(=O)NC(=O)c1ccc2c(c1)N(C[C@@H]1CC[C@H]1[C@@H](O)/C=C/CCC)C[C@@]1(CCCc3cc(Cl)ccc31)CO2. The lowest BCUT2D eigenvalue weighted by molar-refractivity contribution is 0.0456. The van der Waals surface area contributed by atoms with Crippen LogP contribution in [0.1, 0.15) is 66.9 Å². The molecule has 3 aliphatic rings. The fraction of sp³-hybridized carbons (Fsp3) is 0.485. The summed E-state index contributed by atoms with van der Waals surface area (Å²) in [5.74, 6) is 0.0674. The smallest absolute Gasteiger partial charge is 0.264 e. The van der Waals surface area contributed by atoms with Crippen LogP contribution in [-0.2, 0) is 21.9 Å². The van der Waals surface area contributed by atoms with Gasteiger partial charge in [-0.15, -0.1) is 6.58 Å². The highest BCUT2D eigenvalue weighted by atomic mass is 35.5. The third-order valence-corrected chi connectivity index (χ3v) is 10.4. The lowest BCUT2D eigenvalue weighted by atomic mass is 9.68. The predicted octanol–water partition coefficient (Wildman–Crippen LogP) is 5.80. The molecule has 42 heavy (non-hydrogen) atoms. The van der Waals surface area contributed by atoms with Gasteiger partial charge in [0.05, 0.1) is 24.2 Å². The zero-order valence-corrected chi connectivity index (χ0v) is 25.8. The number of hydrogen-bond acceptors (Lipinski definition) is 6. The number of carbonyl (C=O) groups excluding carboxylic acids is 1. The van der Waals surface area contributed by atoms with Crippen LogP contribution in [0.4, 0.5) is 5.69 Å². The fourth-order valence-electron chi connectivity index (χ4n) is 6.75. The third-order valence-electron chi connectivity index (χ3n) is 9.04. The second kappa shape index (κ2) is 12.8. The topological polar surface area (TPSA) is 95.9 Å². The summed E-state index contributed by atoms with van der Waals surface area (Å²) >= 11 is 6.38. The summed E-state index contributed by atoms with van der Waals surface area (Å²) in [6.07, 6.45) is 11.7. The molecule has 2 aromatic carbocycles. The zero-order chi connectivity index (χ0) is 29.9. The first kappa shape index (κ1) is 30.6. The number of sulfonamides is 1. The number of benzene rings is 2. The van der Waals surface area contributed by atoms with E-state index < -0.39 is 22.0 Å². The number of ether oxygens (including phenoxy) is 1. The largest absolute Gasteiger partial charge is 0.490 e. The zero-order valence-electron chi connectivity index (χ0n) is 24.2. The van der Waals surface area contributed by atoms with E-state index in [9.17, 15) is 18.3 Å². The summed E-state index contributed by atoms with van der Waals surface area (Å²) in [6, 6.07) is 11.3. The van der Waals surface area contributed by atoms with Crippen LogP contribution in [0.2, 0.25) is 5.02 Å². The van der Waals surface area contributed by atoms with Crippen LogP contribution in [0, 0.1) is 11.8 Å². The molecule has 5 rings (SSSR count). The van der Waals surface area contributed by atoms with Crippen molar-refractivity contribution in [3.63, 3.8) is 0 Å². The average molecular weight is 613 g/mol. The number of rotatable bonds is 10. The normalized spacial score (nSPS) is 24.2. The number of fused-ring (bicyclic) bond motifs is 3. The standard InChI is InChI=1S/C33H41ClN2O5S/c1-3-5-6-9-30(37)27-13-10-25(27)20-36-21-33(16-7-8-23-18-26(34)12-14-28(23)33)22-41-31-15-11-24(19-29(31)36)32(38)35-42(39,40)17-4-2/h4,6,9,11-12,14-15,18-19,25,27,30,37H,2-3,5,7-8,10,13,16-17,20-22H2,1H3,(H,35,38)/b9-6+/t25-,27+,30-,33-/m0/s1. The number of unbranched alkanes of at least 4 members (excludes halogenated alkanes) is 1. The molecule has 1 heterocycles. The first-order valence-electron chi connectivity index (χ1n) is 15.0. The Hall–Kier alpha value is -2.81. The molecule has 4 atom stereocenters. The summed E-state index contributed by atoms with van der Waals surface area (Å²) < 4.78 is 33.2.